The first-order valence-corrected chi connectivity index (χ1v) is 10.7. The van der Waals surface area contributed by atoms with Crippen LogP contribution >= 0.6 is 0 Å². The van der Waals surface area contributed by atoms with E-state index in [1.807, 2.05) is 29.2 Å². The molecule has 7 heteroatoms. The highest BCUT2D eigenvalue weighted by atomic mass is 16.6. The van der Waals surface area contributed by atoms with Crippen LogP contribution in [0.15, 0.2) is 66.9 Å². The predicted octanol–water partition coefficient (Wildman–Crippen LogP) is 3.85. The van der Waals surface area contributed by atoms with E-state index in [0.717, 1.165) is 0 Å². The molecule has 7 nitrogen and oxygen atoms in total. The fourth-order valence-electron chi connectivity index (χ4n) is 4.53. The molecule has 0 bridgehead atoms. The van der Waals surface area contributed by atoms with Crippen LogP contribution in [-0.4, -0.2) is 59.8 Å². The number of anilines is 1. The molecule has 32 heavy (non-hydrogen) atoms. The Morgan fingerprint density at radius 3 is 2.19 bits per heavy atom. The first-order valence-electron chi connectivity index (χ1n) is 10.7. The van der Waals surface area contributed by atoms with Gasteiger partial charge in [0.25, 0.3) is 0 Å². The van der Waals surface area contributed by atoms with E-state index in [0.29, 0.717) is 38.6 Å². The summed E-state index contributed by atoms with van der Waals surface area (Å²) in [5.74, 6) is -0.335. The van der Waals surface area contributed by atoms with Crippen molar-refractivity contribution in [3.63, 3.8) is 0 Å². The first kappa shape index (κ1) is 20.1. The summed E-state index contributed by atoms with van der Waals surface area (Å²) >= 11 is 0. The number of aromatic nitrogens is 1. The Morgan fingerprint density at radius 1 is 0.938 bits per heavy atom. The summed E-state index contributed by atoms with van der Waals surface area (Å²) in [5.41, 5.74) is 4.99. The van der Waals surface area contributed by atoms with Gasteiger partial charge in [0.1, 0.15) is 12.4 Å². The van der Waals surface area contributed by atoms with Crippen molar-refractivity contribution in [2.45, 2.75) is 5.92 Å². The number of ether oxygens (including phenoxy) is 1. The normalized spacial score (nSPS) is 15.2. The number of rotatable bonds is 4. The summed E-state index contributed by atoms with van der Waals surface area (Å²) in [7, 11) is 0. The monoisotopic (exact) mass is 429 g/mol. The van der Waals surface area contributed by atoms with Gasteiger partial charge in [0.2, 0.25) is 0 Å². The Labute approximate surface area is 185 Å². The summed E-state index contributed by atoms with van der Waals surface area (Å²) in [4.78, 5) is 31.9. The van der Waals surface area contributed by atoms with Crippen LogP contribution in [0.25, 0.3) is 11.1 Å². The topological polar surface area (TPSA) is 83.0 Å². The van der Waals surface area contributed by atoms with Crippen LogP contribution in [-0.2, 0) is 4.74 Å². The Kier molecular flexibility index (Phi) is 5.23. The van der Waals surface area contributed by atoms with Gasteiger partial charge in [-0.2, -0.15) is 0 Å². The van der Waals surface area contributed by atoms with Crippen molar-refractivity contribution in [3.8, 4) is 11.1 Å². The van der Waals surface area contributed by atoms with Crippen molar-refractivity contribution in [1.29, 1.82) is 0 Å². The summed E-state index contributed by atoms with van der Waals surface area (Å²) < 4.78 is 5.75. The molecule has 1 aliphatic carbocycles. The summed E-state index contributed by atoms with van der Waals surface area (Å²) in [6, 6.07) is 19.6. The number of hydrogen-bond acceptors (Lipinski definition) is 5. The fraction of sp³-hybridized carbons (Fsp3) is 0.240. The van der Waals surface area contributed by atoms with E-state index < -0.39 is 5.97 Å². The van der Waals surface area contributed by atoms with Gasteiger partial charge < -0.3 is 19.6 Å². The molecule has 2 aliphatic rings. The lowest BCUT2D eigenvalue weighted by atomic mass is 9.98. The standard InChI is InChI=1S/C25H23N3O4/c29-24(30)17-9-10-26-23(15-17)27-11-13-28(14-12-27)25(31)32-16-22-20-7-3-1-5-18(20)19-6-2-4-8-21(19)22/h1-10,15,22H,11-14,16H2,(H,29,30). The molecule has 0 radical (unpaired) electrons. The van der Waals surface area contributed by atoms with Gasteiger partial charge in [-0.3, -0.25) is 0 Å². The Hall–Kier alpha value is -3.87. The number of nitrogens with zero attached hydrogens (tertiary/aromatic N) is 3. The van der Waals surface area contributed by atoms with Crippen LogP contribution in [0.3, 0.4) is 0 Å². The minimum Gasteiger partial charge on any atom is -0.478 e. The number of carbonyl (C=O) groups excluding carboxylic acids is 1. The maximum absolute atomic E-state index is 12.8. The van der Waals surface area contributed by atoms with E-state index >= 15 is 0 Å². The minimum absolute atomic E-state index is 0.0376. The van der Waals surface area contributed by atoms with Crippen LogP contribution in [0.2, 0.25) is 0 Å². The van der Waals surface area contributed by atoms with Gasteiger partial charge in [-0.1, -0.05) is 48.5 Å². The fourth-order valence-corrected chi connectivity index (χ4v) is 4.53. The van der Waals surface area contributed by atoms with Crippen LogP contribution in [0.1, 0.15) is 27.4 Å². The van der Waals surface area contributed by atoms with Crippen molar-refractivity contribution in [3.05, 3.63) is 83.6 Å². The Balaban J connectivity index is 1.21. The van der Waals surface area contributed by atoms with Crippen molar-refractivity contribution < 1.29 is 19.4 Å². The lowest BCUT2D eigenvalue weighted by Crippen LogP contribution is -2.49. The molecule has 1 amide bonds. The van der Waals surface area contributed by atoms with E-state index in [9.17, 15) is 14.7 Å². The molecule has 162 valence electrons. The third kappa shape index (κ3) is 3.66. The smallest absolute Gasteiger partial charge is 0.409 e. The second-order valence-electron chi connectivity index (χ2n) is 7.99. The van der Waals surface area contributed by atoms with Gasteiger partial charge in [-0.25, -0.2) is 14.6 Å². The van der Waals surface area contributed by atoms with Gasteiger partial charge in [0.05, 0.1) is 5.56 Å². The average Bonchev–Trinajstić information content (AvgIpc) is 3.16. The van der Waals surface area contributed by atoms with Crippen molar-refractivity contribution in [2.75, 3.05) is 37.7 Å². The second-order valence-corrected chi connectivity index (χ2v) is 7.99. The minimum atomic E-state index is -0.981. The van der Waals surface area contributed by atoms with Crippen LogP contribution in [0.5, 0.6) is 0 Å². The zero-order chi connectivity index (χ0) is 22.1. The van der Waals surface area contributed by atoms with Crippen molar-refractivity contribution >= 4 is 17.9 Å². The maximum atomic E-state index is 12.8. The van der Waals surface area contributed by atoms with Crippen LogP contribution < -0.4 is 4.90 Å². The summed E-state index contributed by atoms with van der Waals surface area (Å²) in [5, 5.41) is 9.18. The number of pyridine rings is 1. The predicted molar refractivity (Wildman–Crippen MR) is 120 cm³/mol. The molecule has 1 N–H and O–H groups in total. The van der Waals surface area contributed by atoms with E-state index in [1.54, 1.807) is 11.0 Å². The van der Waals surface area contributed by atoms with Gasteiger partial charge in [-0.15, -0.1) is 0 Å². The SMILES string of the molecule is O=C(O)c1ccnc(N2CCN(C(=O)OCC3c4ccccc4-c4ccccc43)CC2)c1. The summed E-state index contributed by atoms with van der Waals surface area (Å²) in [6.07, 6.45) is 1.18. The third-order valence-corrected chi connectivity index (χ3v) is 6.19. The molecule has 1 fully saturated rings. The van der Waals surface area contributed by atoms with E-state index in [4.69, 9.17) is 4.74 Å². The van der Waals surface area contributed by atoms with Gasteiger partial charge in [0, 0.05) is 38.3 Å². The Bertz CT molecular complexity index is 1130. The number of hydrogen-bond donors (Lipinski definition) is 1. The molecular formula is C25H23N3O4. The second kappa shape index (κ2) is 8.34. The maximum Gasteiger partial charge on any atom is 0.409 e. The molecule has 2 aromatic carbocycles. The van der Waals surface area contributed by atoms with Crippen molar-refractivity contribution in [1.82, 2.24) is 9.88 Å². The number of carboxylic acid groups (broad SMARTS) is 1. The molecule has 3 aromatic rings. The first-order chi connectivity index (χ1) is 15.6. The number of piperazine rings is 1. The molecule has 0 spiro atoms. The summed E-state index contributed by atoms with van der Waals surface area (Å²) in [6.45, 7) is 2.43. The van der Waals surface area contributed by atoms with Gasteiger partial charge in [0.15, 0.2) is 0 Å². The lowest BCUT2D eigenvalue weighted by Gasteiger charge is -2.35. The number of amides is 1. The highest BCUT2D eigenvalue weighted by Gasteiger charge is 2.30. The molecule has 1 aliphatic heterocycles. The van der Waals surface area contributed by atoms with Gasteiger partial charge >= 0.3 is 12.1 Å². The molecule has 1 saturated heterocycles. The van der Waals surface area contributed by atoms with E-state index in [-0.39, 0.29) is 17.6 Å². The molecule has 0 unspecified atom stereocenters. The average molecular weight is 429 g/mol. The van der Waals surface area contributed by atoms with E-state index in [1.165, 1.54) is 34.5 Å². The van der Waals surface area contributed by atoms with Crippen LogP contribution in [0, 0.1) is 0 Å². The van der Waals surface area contributed by atoms with Gasteiger partial charge in [-0.05, 0) is 34.4 Å². The zero-order valence-corrected chi connectivity index (χ0v) is 17.5. The molecular weight excluding hydrogens is 406 g/mol. The number of aromatic carboxylic acids is 1. The number of carbonyl (C=O) groups is 2. The quantitative estimate of drug-likeness (QED) is 0.678. The molecule has 0 saturated carbocycles. The highest BCUT2D eigenvalue weighted by Crippen LogP contribution is 2.44. The zero-order valence-electron chi connectivity index (χ0n) is 17.5. The number of carboxylic acids is 1. The molecule has 1 aromatic heterocycles. The molecule has 2 heterocycles. The lowest BCUT2D eigenvalue weighted by molar-refractivity contribution is 0.0696. The van der Waals surface area contributed by atoms with Crippen molar-refractivity contribution in [2.24, 2.45) is 0 Å². The van der Waals surface area contributed by atoms with Crippen LogP contribution in [0.4, 0.5) is 10.6 Å². The largest absolute Gasteiger partial charge is 0.478 e. The Morgan fingerprint density at radius 2 is 1.56 bits per heavy atom. The molecule has 5 rings (SSSR count). The number of benzene rings is 2. The molecule has 0 atom stereocenters. The van der Waals surface area contributed by atoms with E-state index in [2.05, 4.69) is 29.2 Å². The number of fused-ring (bicyclic) bond motifs is 3. The third-order valence-electron chi connectivity index (χ3n) is 6.19. The highest BCUT2D eigenvalue weighted by molar-refractivity contribution is 5.88.